The molecule has 3 atom stereocenters. The van der Waals surface area contributed by atoms with Gasteiger partial charge in [0.25, 0.3) is 0 Å². The zero-order valence-corrected chi connectivity index (χ0v) is 11.5. The summed E-state index contributed by atoms with van der Waals surface area (Å²) in [6, 6.07) is -0.308. The van der Waals surface area contributed by atoms with Crippen molar-refractivity contribution in [3.05, 3.63) is 17.7 Å². The van der Waals surface area contributed by atoms with Gasteiger partial charge in [-0.3, -0.25) is 10.1 Å². The van der Waals surface area contributed by atoms with Gasteiger partial charge in [0.15, 0.2) is 6.10 Å². The number of carboxylic acids is 1. The number of rotatable bonds is 4. The Morgan fingerprint density at radius 1 is 1.48 bits per heavy atom. The number of carbonyl (C=O) groups excluding carboxylic acids is 1. The molecule has 0 aromatic carbocycles. The number of nitrogens with one attached hydrogen (secondary N) is 3. The predicted molar refractivity (Wildman–Crippen MR) is 71.5 cm³/mol. The summed E-state index contributed by atoms with van der Waals surface area (Å²) >= 11 is 0. The van der Waals surface area contributed by atoms with Crippen molar-refractivity contribution in [3.63, 3.8) is 0 Å². The number of carbonyl (C=O) groups is 2. The van der Waals surface area contributed by atoms with Crippen molar-refractivity contribution in [1.29, 1.82) is 0 Å². The minimum absolute atomic E-state index is 0.106. The van der Waals surface area contributed by atoms with Crippen LogP contribution in [-0.4, -0.2) is 51.7 Å². The maximum absolute atomic E-state index is 12.1. The summed E-state index contributed by atoms with van der Waals surface area (Å²) in [7, 11) is 0. The molecule has 3 heterocycles. The quantitative estimate of drug-likeness (QED) is 0.576. The lowest BCUT2D eigenvalue weighted by molar-refractivity contribution is -0.149. The van der Waals surface area contributed by atoms with E-state index in [4.69, 9.17) is 9.84 Å². The highest BCUT2D eigenvalue weighted by Crippen LogP contribution is 2.19. The summed E-state index contributed by atoms with van der Waals surface area (Å²) in [5, 5.41) is 14.8. The van der Waals surface area contributed by atoms with Gasteiger partial charge in [-0.2, -0.15) is 0 Å². The van der Waals surface area contributed by atoms with Gasteiger partial charge in [0.05, 0.1) is 29.9 Å². The van der Waals surface area contributed by atoms with E-state index in [1.807, 2.05) is 0 Å². The van der Waals surface area contributed by atoms with Crippen LogP contribution in [0.5, 0.6) is 0 Å². The third-order valence-electron chi connectivity index (χ3n) is 3.93. The molecule has 4 N–H and O–H groups in total. The topological polar surface area (TPSA) is 116 Å². The highest BCUT2D eigenvalue weighted by molar-refractivity contribution is 5.82. The van der Waals surface area contributed by atoms with Crippen LogP contribution in [0, 0.1) is 0 Å². The minimum atomic E-state index is -0.941. The first-order chi connectivity index (χ1) is 10.1. The molecule has 8 nitrogen and oxygen atoms in total. The van der Waals surface area contributed by atoms with Crippen molar-refractivity contribution in [1.82, 2.24) is 20.6 Å². The van der Waals surface area contributed by atoms with Crippen LogP contribution in [0.3, 0.4) is 0 Å². The van der Waals surface area contributed by atoms with Crippen LogP contribution in [0.2, 0.25) is 0 Å². The average Bonchev–Trinajstić information content (AvgIpc) is 3.12. The second kappa shape index (κ2) is 5.82. The first-order valence-electron chi connectivity index (χ1n) is 7.04. The van der Waals surface area contributed by atoms with Gasteiger partial charge >= 0.3 is 5.97 Å². The Labute approximate surface area is 121 Å². The van der Waals surface area contributed by atoms with Crippen LogP contribution < -0.4 is 10.6 Å². The first-order valence-corrected chi connectivity index (χ1v) is 7.04. The molecule has 1 saturated heterocycles. The smallest absolute Gasteiger partial charge is 0.332 e. The summed E-state index contributed by atoms with van der Waals surface area (Å²) in [6.45, 7) is 0.933. The lowest BCUT2D eigenvalue weighted by Crippen LogP contribution is -2.49. The molecule has 2 aliphatic heterocycles. The third-order valence-corrected chi connectivity index (χ3v) is 3.93. The number of H-pyrrole nitrogens is 1. The average molecular weight is 294 g/mol. The van der Waals surface area contributed by atoms with Crippen molar-refractivity contribution in [2.75, 3.05) is 6.54 Å². The van der Waals surface area contributed by atoms with Crippen LogP contribution in [0.25, 0.3) is 0 Å². The molecule has 0 radical (unpaired) electrons. The first kappa shape index (κ1) is 14.0. The maximum Gasteiger partial charge on any atom is 0.332 e. The van der Waals surface area contributed by atoms with E-state index in [0.717, 1.165) is 11.4 Å². The number of ether oxygens (including phenoxy) is 1. The Balaban J connectivity index is 1.46. The van der Waals surface area contributed by atoms with Gasteiger partial charge in [0, 0.05) is 19.5 Å². The number of nitrogens with zero attached hydrogens (tertiary/aromatic N) is 1. The SMILES string of the molecule is O=C(NCC1CCC(C(=O)O)O1)C1Cc2nc[nH]c2CN1. The summed E-state index contributed by atoms with van der Waals surface area (Å²) in [5.74, 6) is -1.05. The molecule has 21 heavy (non-hydrogen) atoms. The highest BCUT2D eigenvalue weighted by atomic mass is 16.5. The molecular weight excluding hydrogens is 276 g/mol. The molecule has 1 amide bonds. The number of carboxylic acid groups (broad SMARTS) is 1. The molecule has 1 fully saturated rings. The fraction of sp³-hybridized carbons (Fsp3) is 0.615. The van der Waals surface area contributed by atoms with Gasteiger partial charge in [-0.1, -0.05) is 0 Å². The Morgan fingerprint density at radius 3 is 3.10 bits per heavy atom. The minimum Gasteiger partial charge on any atom is -0.479 e. The fourth-order valence-electron chi connectivity index (χ4n) is 2.73. The molecular formula is C13H18N4O4. The Bertz CT molecular complexity index is 544. The number of hydrogen-bond acceptors (Lipinski definition) is 5. The third kappa shape index (κ3) is 3.06. The molecule has 0 aliphatic carbocycles. The number of amides is 1. The number of hydrogen-bond donors (Lipinski definition) is 4. The number of aromatic nitrogens is 2. The van der Waals surface area contributed by atoms with Crippen LogP contribution in [0.4, 0.5) is 0 Å². The molecule has 3 unspecified atom stereocenters. The van der Waals surface area contributed by atoms with Gasteiger partial charge in [-0.15, -0.1) is 0 Å². The van der Waals surface area contributed by atoms with E-state index in [2.05, 4.69) is 20.6 Å². The van der Waals surface area contributed by atoms with Gasteiger partial charge in [0.1, 0.15) is 0 Å². The van der Waals surface area contributed by atoms with Crippen molar-refractivity contribution in [2.45, 2.75) is 44.1 Å². The Hall–Kier alpha value is -1.93. The second-order valence-corrected chi connectivity index (χ2v) is 5.37. The van der Waals surface area contributed by atoms with Crippen molar-refractivity contribution in [3.8, 4) is 0 Å². The molecule has 1 aromatic heterocycles. The largest absolute Gasteiger partial charge is 0.479 e. The van der Waals surface area contributed by atoms with E-state index in [1.165, 1.54) is 0 Å². The van der Waals surface area contributed by atoms with Crippen LogP contribution in [0.1, 0.15) is 24.2 Å². The fourth-order valence-corrected chi connectivity index (χ4v) is 2.73. The second-order valence-electron chi connectivity index (χ2n) is 5.37. The molecule has 114 valence electrons. The van der Waals surface area contributed by atoms with E-state index >= 15 is 0 Å². The standard InChI is InChI=1S/C13H18N4O4/c18-12(9-3-8-10(5-14-9)17-6-16-8)15-4-7-1-2-11(21-7)13(19)20/h6-7,9,11,14H,1-5H2,(H,15,18)(H,16,17)(H,19,20). The zero-order chi connectivity index (χ0) is 14.8. The molecule has 3 rings (SSSR count). The number of imidazole rings is 1. The van der Waals surface area contributed by atoms with E-state index in [0.29, 0.717) is 32.4 Å². The Morgan fingerprint density at radius 2 is 2.33 bits per heavy atom. The molecule has 1 aromatic rings. The molecule has 0 saturated carbocycles. The van der Waals surface area contributed by atoms with E-state index in [-0.39, 0.29) is 18.1 Å². The van der Waals surface area contributed by atoms with Gasteiger partial charge in [0.2, 0.25) is 5.91 Å². The van der Waals surface area contributed by atoms with Crippen molar-refractivity contribution in [2.24, 2.45) is 0 Å². The lowest BCUT2D eigenvalue weighted by Gasteiger charge is -2.23. The van der Waals surface area contributed by atoms with E-state index < -0.39 is 12.1 Å². The lowest BCUT2D eigenvalue weighted by atomic mass is 10.0. The normalized spacial score (nSPS) is 28.1. The number of fused-ring (bicyclic) bond motifs is 1. The molecule has 0 spiro atoms. The summed E-state index contributed by atoms with van der Waals surface area (Å²) in [4.78, 5) is 30.1. The van der Waals surface area contributed by atoms with E-state index in [9.17, 15) is 9.59 Å². The molecule has 8 heteroatoms. The molecule has 2 aliphatic rings. The summed E-state index contributed by atoms with van der Waals surface area (Å²) in [5.41, 5.74) is 1.93. The van der Waals surface area contributed by atoms with Crippen molar-refractivity contribution < 1.29 is 19.4 Å². The van der Waals surface area contributed by atoms with Gasteiger partial charge in [-0.05, 0) is 12.8 Å². The van der Waals surface area contributed by atoms with E-state index in [1.54, 1.807) is 6.33 Å². The zero-order valence-electron chi connectivity index (χ0n) is 11.5. The molecule has 0 bridgehead atoms. The van der Waals surface area contributed by atoms with Crippen LogP contribution >= 0.6 is 0 Å². The van der Waals surface area contributed by atoms with Gasteiger partial charge < -0.3 is 20.1 Å². The summed E-state index contributed by atoms with van der Waals surface area (Å²) < 4.78 is 5.35. The van der Waals surface area contributed by atoms with Crippen LogP contribution in [0.15, 0.2) is 6.33 Å². The predicted octanol–water partition coefficient (Wildman–Crippen LogP) is -0.828. The Kier molecular flexibility index (Phi) is 3.89. The highest BCUT2D eigenvalue weighted by Gasteiger charge is 2.31. The summed E-state index contributed by atoms with van der Waals surface area (Å²) in [6.07, 6.45) is 2.36. The maximum atomic E-state index is 12.1. The van der Waals surface area contributed by atoms with Crippen molar-refractivity contribution >= 4 is 11.9 Å². The number of aliphatic carboxylic acids is 1. The number of aromatic amines is 1. The monoisotopic (exact) mass is 294 g/mol. The van der Waals surface area contributed by atoms with Gasteiger partial charge in [-0.25, -0.2) is 9.78 Å². The van der Waals surface area contributed by atoms with Crippen LogP contribution in [-0.2, 0) is 27.3 Å².